The molecule has 1 aromatic carbocycles. The third-order valence-corrected chi connectivity index (χ3v) is 2.71. The first kappa shape index (κ1) is 14.9. The van der Waals surface area contributed by atoms with Crippen molar-refractivity contribution in [2.24, 2.45) is 0 Å². The van der Waals surface area contributed by atoms with Gasteiger partial charge < -0.3 is 5.11 Å². The lowest BCUT2D eigenvalue weighted by Gasteiger charge is -2.09. The summed E-state index contributed by atoms with van der Waals surface area (Å²) < 4.78 is 66.8. The Morgan fingerprint density at radius 2 is 1.52 bits per heavy atom. The molecule has 0 atom stereocenters. The molecule has 0 aliphatic rings. The zero-order valence-electron chi connectivity index (χ0n) is 10.3. The van der Waals surface area contributed by atoms with Crippen LogP contribution in [0.2, 0.25) is 0 Å². The Balaban J connectivity index is 2.69. The smallest absolute Gasteiger partial charge is 0.309 e. The highest BCUT2D eigenvalue weighted by Crippen LogP contribution is 2.26. The molecule has 112 valence electrons. The number of rotatable bonds is 3. The molecule has 0 aliphatic carbocycles. The molecule has 0 radical (unpaired) electrons. The van der Waals surface area contributed by atoms with E-state index in [1.165, 1.54) is 6.92 Å². The standard InChI is InChI=1S/C11H6F5N3O2/c1-3-4(2-5(20)21)17-18-19(3)11-9(15)7(13)6(12)8(14)10(11)16/h2H2,1H3,(H,20,21). The zero-order chi connectivity index (χ0) is 15.9. The summed E-state index contributed by atoms with van der Waals surface area (Å²) in [6, 6.07) is 0. The number of hydrogen-bond acceptors (Lipinski definition) is 3. The highest BCUT2D eigenvalue weighted by molar-refractivity contribution is 5.69. The predicted octanol–water partition coefficient (Wildman–Crippen LogP) is 1.90. The average Bonchev–Trinajstić information content (AvgIpc) is 2.76. The second-order valence-corrected chi connectivity index (χ2v) is 4.02. The van der Waals surface area contributed by atoms with Crippen molar-refractivity contribution in [3.8, 4) is 5.69 Å². The lowest BCUT2D eigenvalue weighted by molar-refractivity contribution is -0.136. The molecule has 1 heterocycles. The van der Waals surface area contributed by atoms with Crippen molar-refractivity contribution < 1.29 is 31.9 Å². The second kappa shape index (κ2) is 5.11. The number of halogens is 5. The molecular weight excluding hydrogens is 301 g/mol. The molecule has 0 unspecified atom stereocenters. The van der Waals surface area contributed by atoms with Gasteiger partial charge in [-0.3, -0.25) is 4.79 Å². The molecule has 0 amide bonds. The van der Waals surface area contributed by atoms with Crippen molar-refractivity contribution in [1.29, 1.82) is 0 Å². The van der Waals surface area contributed by atoms with E-state index in [0.717, 1.165) is 0 Å². The van der Waals surface area contributed by atoms with Gasteiger partial charge in [0.05, 0.1) is 17.8 Å². The molecule has 0 fully saturated rings. The minimum absolute atomic E-state index is 0.152. The third kappa shape index (κ3) is 2.32. The Hall–Kier alpha value is -2.52. The number of carboxylic acid groups (broad SMARTS) is 1. The molecule has 0 aliphatic heterocycles. The van der Waals surface area contributed by atoms with Crippen LogP contribution in [0.5, 0.6) is 0 Å². The number of carbonyl (C=O) groups is 1. The SMILES string of the molecule is Cc1c(CC(=O)O)nnn1-c1c(F)c(F)c(F)c(F)c1F. The number of hydrogen-bond donors (Lipinski definition) is 1. The summed E-state index contributed by atoms with van der Waals surface area (Å²) >= 11 is 0. The Bertz CT molecular complexity index is 715. The third-order valence-electron chi connectivity index (χ3n) is 2.71. The van der Waals surface area contributed by atoms with E-state index in [-0.39, 0.29) is 11.4 Å². The molecule has 2 aromatic rings. The van der Waals surface area contributed by atoms with E-state index < -0.39 is 47.2 Å². The average molecular weight is 307 g/mol. The number of aromatic nitrogens is 3. The monoisotopic (exact) mass is 307 g/mol. The highest BCUT2D eigenvalue weighted by atomic mass is 19.2. The normalized spacial score (nSPS) is 11.0. The molecule has 5 nitrogen and oxygen atoms in total. The summed E-state index contributed by atoms with van der Waals surface area (Å²) in [5, 5.41) is 15.2. The minimum Gasteiger partial charge on any atom is -0.481 e. The zero-order valence-corrected chi connectivity index (χ0v) is 10.3. The van der Waals surface area contributed by atoms with Gasteiger partial charge in [-0.2, -0.15) is 0 Å². The molecule has 1 aromatic heterocycles. The van der Waals surface area contributed by atoms with Crippen LogP contribution in [0, 0.1) is 36.0 Å². The van der Waals surface area contributed by atoms with Crippen LogP contribution in [0.3, 0.4) is 0 Å². The van der Waals surface area contributed by atoms with Crippen molar-refractivity contribution in [1.82, 2.24) is 15.0 Å². The summed E-state index contributed by atoms with van der Waals surface area (Å²) in [7, 11) is 0. The van der Waals surface area contributed by atoms with Gasteiger partial charge >= 0.3 is 5.97 Å². The Morgan fingerprint density at radius 1 is 1.05 bits per heavy atom. The van der Waals surface area contributed by atoms with Crippen LogP contribution in [-0.4, -0.2) is 26.1 Å². The van der Waals surface area contributed by atoms with Crippen molar-refractivity contribution in [3.63, 3.8) is 0 Å². The molecule has 0 saturated carbocycles. The first-order valence-electron chi connectivity index (χ1n) is 5.40. The largest absolute Gasteiger partial charge is 0.481 e. The van der Waals surface area contributed by atoms with Crippen molar-refractivity contribution in [2.75, 3.05) is 0 Å². The van der Waals surface area contributed by atoms with Crippen LogP contribution in [0.4, 0.5) is 22.0 Å². The summed E-state index contributed by atoms with van der Waals surface area (Å²) in [4.78, 5) is 10.6. The molecule has 2 rings (SSSR count). The van der Waals surface area contributed by atoms with Crippen LogP contribution >= 0.6 is 0 Å². The number of nitrogens with zero attached hydrogens (tertiary/aromatic N) is 3. The van der Waals surface area contributed by atoms with Crippen LogP contribution in [0.15, 0.2) is 0 Å². The Labute approximate surface area is 113 Å². The van der Waals surface area contributed by atoms with Crippen LogP contribution < -0.4 is 0 Å². The first-order chi connectivity index (χ1) is 9.75. The van der Waals surface area contributed by atoms with E-state index in [0.29, 0.717) is 4.68 Å². The maximum absolute atomic E-state index is 13.6. The van der Waals surface area contributed by atoms with Crippen molar-refractivity contribution in [3.05, 3.63) is 40.5 Å². The summed E-state index contributed by atoms with van der Waals surface area (Å²) in [6.45, 7) is 1.19. The first-order valence-corrected chi connectivity index (χ1v) is 5.40. The fraction of sp³-hybridized carbons (Fsp3) is 0.182. The quantitative estimate of drug-likeness (QED) is 0.534. The molecule has 0 spiro atoms. The van der Waals surface area contributed by atoms with Gasteiger partial charge in [-0.05, 0) is 6.92 Å². The lowest BCUT2D eigenvalue weighted by Crippen LogP contribution is -2.12. The molecule has 0 bridgehead atoms. The van der Waals surface area contributed by atoms with Crippen LogP contribution in [-0.2, 0) is 11.2 Å². The van der Waals surface area contributed by atoms with Gasteiger partial charge in [0.15, 0.2) is 23.3 Å². The van der Waals surface area contributed by atoms with E-state index in [4.69, 9.17) is 5.11 Å². The summed E-state index contributed by atoms with van der Waals surface area (Å²) in [6.07, 6.45) is -0.610. The number of benzene rings is 1. The molecule has 0 saturated heterocycles. The van der Waals surface area contributed by atoms with Crippen molar-refractivity contribution >= 4 is 5.97 Å². The number of carboxylic acids is 1. The molecular formula is C11H6F5N3O2. The van der Waals surface area contributed by atoms with Gasteiger partial charge in [-0.25, -0.2) is 26.6 Å². The topological polar surface area (TPSA) is 68.0 Å². The Morgan fingerprint density at radius 3 is 2.00 bits per heavy atom. The lowest BCUT2D eigenvalue weighted by atomic mass is 10.2. The van der Waals surface area contributed by atoms with E-state index in [1.54, 1.807) is 0 Å². The van der Waals surface area contributed by atoms with Crippen LogP contribution in [0.1, 0.15) is 11.4 Å². The van der Waals surface area contributed by atoms with Crippen molar-refractivity contribution in [2.45, 2.75) is 13.3 Å². The summed E-state index contributed by atoms with van der Waals surface area (Å²) in [5.41, 5.74) is -1.62. The van der Waals surface area contributed by atoms with Gasteiger partial charge in [0.25, 0.3) is 0 Å². The van der Waals surface area contributed by atoms with E-state index in [9.17, 15) is 26.7 Å². The second-order valence-electron chi connectivity index (χ2n) is 4.02. The fourth-order valence-corrected chi connectivity index (χ4v) is 1.66. The summed E-state index contributed by atoms with van der Waals surface area (Å²) in [5.74, 6) is -12.0. The highest BCUT2D eigenvalue weighted by Gasteiger charge is 2.29. The van der Waals surface area contributed by atoms with E-state index in [1.807, 2.05) is 0 Å². The van der Waals surface area contributed by atoms with Gasteiger partial charge in [-0.15, -0.1) is 5.10 Å². The maximum atomic E-state index is 13.6. The number of aliphatic carboxylic acids is 1. The minimum atomic E-state index is -2.29. The van der Waals surface area contributed by atoms with Gasteiger partial charge in [0.1, 0.15) is 5.69 Å². The maximum Gasteiger partial charge on any atom is 0.309 e. The van der Waals surface area contributed by atoms with Crippen LogP contribution in [0.25, 0.3) is 5.69 Å². The Kier molecular flexibility index (Phi) is 3.62. The molecule has 21 heavy (non-hydrogen) atoms. The van der Waals surface area contributed by atoms with Gasteiger partial charge in [0.2, 0.25) is 5.82 Å². The van der Waals surface area contributed by atoms with Gasteiger partial charge in [0, 0.05) is 0 Å². The molecule has 1 N–H and O–H groups in total. The fourth-order valence-electron chi connectivity index (χ4n) is 1.66. The van der Waals surface area contributed by atoms with E-state index in [2.05, 4.69) is 10.3 Å². The molecule has 10 heteroatoms. The predicted molar refractivity (Wildman–Crippen MR) is 57.2 cm³/mol. The van der Waals surface area contributed by atoms with Gasteiger partial charge in [-0.1, -0.05) is 5.21 Å². The van der Waals surface area contributed by atoms with E-state index >= 15 is 0 Å².